The van der Waals surface area contributed by atoms with E-state index >= 15 is 0 Å². The third-order valence-electron chi connectivity index (χ3n) is 2.60. The molecule has 8 heteroatoms. The van der Waals surface area contributed by atoms with Crippen LogP contribution in [-0.2, 0) is 9.84 Å². The zero-order chi connectivity index (χ0) is 13.9. The van der Waals surface area contributed by atoms with E-state index in [-0.39, 0.29) is 11.5 Å². The molecule has 0 atom stereocenters. The van der Waals surface area contributed by atoms with E-state index in [1.165, 1.54) is 23.1 Å². The van der Waals surface area contributed by atoms with Crippen LogP contribution in [0.4, 0.5) is 5.82 Å². The largest absolute Gasteiger partial charge is 0.383 e. The van der Waals surface area contributed by atoms with Gasteiger partial charge in [0.1, 0.15) is 20.5 Å². The van der Waals surface area contributed by atoms with E-state index in [1.54, 1.807) is 6.92 Å². The van der Waals surface area contributed by atoms with Crippen LogP contribution in [0.15, 0.2) is 16.6 Å². The van der Waals surface area contributed by atoms with Crippen LogP contribution in [0.2, 0.25) is 0 Å². The SMILES string of the molecule is CCS(=O)(=O)CCCSc1nc(N)c2ccsc2n1. The van der Waals surface area contributed by atoms with Crippen molar-refractivity contribution in [3.63, 3.8) is 0 Å². The third kappa shape index (κ3) is 3.80. The van der Waals surface area contributed by atoms with E-state index in [2.05, 4.69) is 9.97 Å². The van der Waals surface area contributed by atoms with Gasteiger partial charge >= 0.3 is 0 Å². The summed E-state index contributed by atoms with van der Waals surface area (Å²) in [6.45, 7) is 1.66. The fourth-order valence-corrected chi connectivity index (χ4v) is 4.18. The second-order valence-corrected chi connectivity index (χ2v) is 8.40. The highest BCUT2D eigenvalue weighted by atomic mass is 32.2. The molecule has 0 saturated carbocycles. The Morgan fingerprint density at radius 1 is 1.42 bits per heavy atom. The molecule has 0 aliphatic carbocycles. The van der Waals surface area contributed by atoms with Gasteiger partial charge in [-0.15, -0.1) is 11.3 Å². The first-order valence-electron chi connectivity index (χ1n) is 5.86. The predicted molar refractivity (Wildman–Crippen MR) is 81.5 cm³/mol. The minimum atomic E-state index is -2.88. The summed E-state index contributed by atoms with van der Waals surface area (Å²) in [4.78, 5) is 9.48. The molecular formula is C11H15N3O2S3. The summed E-state index contributed by atoms with van der Waals surface area (Å²) in [5, 5.41) is 3.42. The van der Waals surface area contributed by atoms with E-state index in [4.69, 9.17) is 5.73 Å². The molecule has 0 fully saturated rings. The number of thioether (sulfide) groups is 1. The fourth-order valence-electron chi connectivity index (χ4n) is 1.51. The second kappa shape index (κ2) is 6.06. The van der Waals surface area contributed by atoms with E-state index < -0.39 is 9.84 Å². The highest BCUT2D eigenvalue weighted by molar-refractivity contribution is 7.99. The van der Waals surface area contributed by atoms with Crippen molar-refractivity contribution in [2.24, 2.45) is 0 Å². The van der Waals surface area contributed by atoms with Gasteiger partial charge in [0.2, 0.25) is 0 Å². The molecule has 19 heavy (non-hydrogen) atoms. The second-order valence-electron chi connectivity index (χ2n) is 3.97. The number of aromatic nitrogens is 2. The Morgan fingerprint density at radius 2 is 2.21 bits per heavy atom. The monoisotopic (exact) mass is 317 g/mol. The van der Waals surface area contributed by atoms with Gasteiger partial charge in [0, 0.05) is 11.5 Å². The van der Waals surface area contributed by atoms with Crippen molar-refractivity contribution in [3.8, 4) is 0 Å². The molecule has 0 amide bonds. The summed E-state index contributed by atoms with van der Waals surface area (Å²) < 4.78 is 22.7. The molecule has 2 aromatic heterocycles. The van der Waals surface area contributed by atoms with E-state index in [9.17, 15) is 8.42 Å². The topological polar surface area (TPSA) is 85.9 Å². The molecule has 0 radical (unpaired) electrons. The van der Waals surface area contributed by atoms with Crippen LogP contribution in [0.1, 0.15) is 13.3 Å². The van der Waals surface area contributed by atoms with E-state index in [1.807, 2.05) is 11.4 Å². The summed E-state index contributed by atoms with van der Waals surface area (Å²) in [5.41, 5.74) is 5.84. The molecule has 0 aliphatic rings. The van der Waals surface area contributed by atoms with Gasteiger partial charge in [-0.05, 0) is 17.9 Å². The maximum absolute atomic E-state index is 11.3. The molecule has 0 spiro atoms. The zero-order valence-electron chi connectivity index (χ0n) is 10.5. The van der Waals surface area contributed by atoms with Crippen LogP contribution in [0.25, 0.3) is 10.2 Å². The van der Waals surface area contributed by atoms with Crippen molar-refractivity contribution in [2.45, 2.75) is 18.5 Å². The number of thiophene rings is 1. The van der Waals surface area contributed by atoms with Gasteiger partial charge in [0.05, 0.1) is 11.1 Å². The van der Waals surface area contributed by atoms with E-state index in [0.29, 0.717) is 23.1 Å². The molecule has 0 aliphatic heterocycles. The van der Waals surface area contributed by atoms with Crippen LogP contribution in [-0.4, -0.2) is 35.6 Å². The standard InChI is InChI=1S/C11H15N3O2S3/c1-2-19(15,16)7-3-5-18-11-13-9(12)8-4-6-17-10(8)14-11/h4,6H,2-3,5,7H2,1H3,(H2,12,13,14). The maximum atomic E-state index is 11.3. The third-order valence-corrected chi connectivity index (χ3v) is 6.14. The summed E-state index contributed by atoms with van der Waals surface area (Å²) in [6, 6.07) is 1.90. The lowest BCUT2D eigenvalue weighted by atomic mass is 10.4. The van der Waals surface area contributed by atoms with Gasteiger partial charge in [-0.1, -0.05) is 18.7 Å². The summed E-state index contributed by atoms with van der Waals surface area (Å²) >= 11 is 2.97. The van der Waals surface area contributed by atoms with Crippen LogP contribution in [0, 0.1) is 0 Å². The number of hydrogen-bond donors (Lipinski definition) is 1. The number of rotatable bonds is 6. The van der Waals surface area contributed by atoms with Crippen molar-refractivity contribution in [3.05, 3.63) is 11.4 Å². The summed E-state index contributed by atoms with van der Waals surface area (Å²) in [6.07, 6.45) is 0.604. The molecule has 0 unspecified atom stereocenters. The zero-order valence-corrected chi connectivity index (χ0v) is 12.9. The van der Waals surface area contributed by atoms with Crippen LogP contribution in [0.3, 0.4) is 0 Å². The van der Waals surface area contributed by atoms with Crippen molar-refractivity contribution in [1.29, 1.82) is 0 Å². The highest BCUT2D eigenvalue weighted by Gasteiger charge is 2.09. The first-order valence-corrected chi connectivity index (χ1v) is 9.54. The number of anilines is 1. The van der Waals surface area contributed by atoms with Crippen molar-refractivity contribution >= 4 is 49.0 Å². The molecule has 2 rings (SSSR count). The van der Waals surface area contributed by atoms with Gasteiger partial charge in [-0.25, -0.2) is 18.4 Å². The Hall–Kier alpha value is -0.860. The molecule has 2 N–H and O–H groups in total. The number of hydrogen-bond acceptors (Lipinski definition) is 7. The average Bonchev–Trinajstić information content (AvgIpc) is 2.83. The first kappa shape index (κ1) is 14.5. The minimum absolute atomic E-state index is 0.197. The predicted octanol–water partition coefficient (Wildman–Crippen LogP) is 2.19. The van der Waals surface area contributed by atoms with Crippen molar-refractivity contribution in [1.82, 2.24) is 9.97 Å². The number of sulfone groups is 1. The molecular weight excluding hydrogens is 302 g/mol. The Bertz CT molecular complexity index is 667. The Kier molecular flexibility index (Phi) is 4.64. The van der Waals surface area contributed by atoms with E-state index in [0.717, 1.165) is 10.2 Å². The van der Waals surface area contributed by atoms with Gasteiger partial charge < -0.3 is 5.73 Å². The summed E-state index contributed by atoms with van der Waals surface area (Å²) in [5.74, 6) is 1.57. The van der Waals surface area contributed by atoms with Gasteiger partial charge in [0.15, 0.2) is 5.16 Å². The van der Waals surface area contributed by atoms with Gasteiger partial charge in [0.25, 0.3) is 0 Å². The fraction of sp³-hybridized carbons (Fsp3) is 0.455. The number of nitrogens with zero attached hydrogens (tertiary/aromatic N) is 2. The Balaban J connectivity index is 1.95. The van der Waals surface area contributed by atoms with Gasteiger partial charge in [-0.2, -0.15) is 0 Å². The Morgan fingerprint density at radius 3 is 2.95 bits per heavy atom. The molecule has 2 heterocycles. The molecule has 5 nitrogen and oxygen atoms in total. The maximum Gasteiger partial charge on any atom is 0.190 e. The van der Waals surface area contributed by atoms with Crippen molar-refractivity contribution < 1.29 is 8.42 Å². The number of fused-ring (bicyclic) bond motifs is 1. The molecule has 2 aromatic rings. The van der Waals surface area contributed by atoms with Crippen molar-refractivity contribution in [2.75, 3.05) is 23.0 Å². The average molecular weight is 317 g/mol. The van der Waals surface area contributed by atoms with Crippen LogP contribution in [0.5, 0.6) is 0 Å². The lowest BCUT2D eigenvalue weighted by Crippen LogP contribution is -2.09. The van der Waals surface area contributed by atoms with Gasteiger partial charge in [-0.3, -0.25) is 0 Å². The molecule has 104 valence electrons. The quantitative estimate of drug-likeness (QED) is 0.499. The van der Waals surface area contributed by atoms with Crippen LogP contribution < -0.4 is 5.73 Å². The molecule has 0 aromatic carbocycles. The Labute approximate surface area is 120 Å². The summed E-state index contributed by atoms with van der Waals surface area (Å²) in [7, 11) is -2.88. The van der Waals surface area contributed by atoms with Crippen LogP contribution >= 0.6 is 23.1 Å². The highest BCUT2D eigenvalue weighted by Crippen LogP contribution is 2.26. The minimum Gasteiger partial charge on any atom is -0.383 e. The first-order chi connectivity index (χ1) is 9.02. The normalized spacial score (nSPS) is 12.1. The lowest BCUT2D eigenvalue weighted by Gasteiger charge is -2.03. The molecule has 0 saturated heterocycles. The number of nitrogens with two attached hydrogens (primary N) is 1. The number of nitrogen functional groups attached to an aromatic ring is 1. The smallest absolute Gasteiger partial charge is 0.190 e. The lowest BCUT2D eigenvalue weighted by molar-refractivity contribution is 0.596. The molecule has 0 bridgehead atoms.